The fourth-order valence-corrected chi connectivity index (χ4v) is 4.47. The molecule has 1 atom stereocenters. The van der Waals surface area contributed by atoms with Crippen LogP contribution in [0.5, 0.6) is 0 Å². The van der Waals surface area contributed by atoms with E-state index in [9.17, 15) is 4.79 Å². The number of thiophene rings is 1. The number of nitrogens with one attached hydrogen (secondary N) is 1. The number of nitrogens with zero attached hydrogens (tertiary/aromatic N) is 5. The first kappa shape index (κ1) is 17.6. The van der Waals surface area contributed by atoms with Crippen molar-refractivity contribution in [1.82, 2.24) is 30.1 Å². The van der Waals surface area contributed by atoms with Crippen molar-refractivity contribution in [3.05, 3.63) is 34.3 Å². The van der Waals surface area contributed by atoms with Crippen molar-refractivity contribution in [3.63, 3.8) is 0 Å². The number of hydrogen-bond acceptors (Lipinski definition) is 6. The highest BCUT2D eigenvalue weighted by Crippen LogP contribution is 2.15. The van der Waals surface area contributed by atoms with E-state index in [0.29, 0.717) is 11.6 Å². The van der Waals surface area contributed by atoms with Crippen molar-refractivity contribution in [3.8, 4) is 0 Å². The average molecular weight is 375 g/mol. The van der Waals surface area contributed by atoms with Gasteiger partial charge in [0.15, 0.2) is 5.69 Å². The highest BCUT2D eigenvalue weighted by Gasteiger charge is 2.24. The molecule has 26 heavy (non-hydrogen) atoms. The first-order valence-electron chi connectivity index (χ1n) is 9.43. The summed E-state index contributed by atoms with van der Waals surface area (Å²) in [5.74, 6) is 0.586. The number of aromatic nitrogens is 3. The second-order valence-electron chi connectivity index (χ2n) is 7.19. The standard InChI is InChI=1S/C18H26N6OS/c25-18(17-14-24(21-20-17)12-15-3-1-5-19-11-15)23-8-6-22(7-9-23)13-16-4-2-10-26-16/h2,4,10,14-15,19H,1,3,5-9,11-13H2/t15-/m1/s1. The summed E-state index contributed by atoms with van der Waals surface area (Å²) in [6, 6.07) is 4.26. The molecule has 7 nitrogen and oxygen atoms in total. The zero-order valence-electron chi connectivity index (χ0n) is 15.0. The summed E-state index contributed by atoms with van der Waals surface area (Å²) < 4.78 is 1.83. The Kier molecular flexibility index (Phi) is 5.62. The van der Waals surface area contributed by atoms with Gasteiger partial charge in [-0.15, -0.1) is 16.4 Å². The third-order valence-electron chi connectivity index (χ3n) is 5.22. The Bertz CT molecular complexity index is 701. The van der Waals surface area contributed by atoms with Gasteiger partial charge >= 0.3 is 0 Å². The molecule has 8 heteroatoms. The van der Waals surface area contributed by atoms with Gasteiger partial charge in [0.1, 0.15) is 0 Å². The minimum absolute atomic E-state index is 0.00814. The molecule has 4 heterocycles. The van der Waals surface area contributed by atoms with Gasteiger partial charge in [-0.1, -0.05) is 11.3 Å². The first-order valence-corrected chi connectivity index (χ1v) is 10.3. The van der Waals surface area contributed by atoms with Gasteiger partial charge < -0.3 is 10.2 Å². The van der Waals surface area contributed by atoms with E-state index < -0.39 is 0 Å². The molecular weight excluding hydrogens is 348 g/mol. The molecule has 2 saturated heterocycles. The lowest BCUT2D eigenvalue weighted by Crippen LogP contribution is -2.48. The van der Waals surface area contributed by atoms with Gasteiger partial charge in [0.05, 0.1) is 6.20 Å². The number of carbonyl (C=O) groups excluding carboxylic acids is 1. The SMILES string of the molecule is O=C(c1cn(C[C@@H]2CCCNC2)nn1)N1CCN(Cc2cccs2)CC1. The molecule has 0 bridgehead atoms. The number of hydrogen-bond donors (Lipinski definition) is 1. The second-order valence-corrected chi connectivity index (χ2v) is 8.22. The van der Waals surface area contributed by atoms with E-state index in [1.165, 1.54) is 17.7 Å². The van der Waals surface area contributed by atoms with Crippen LogP contribution in [0.1, 0.15) is 28.2 Å². The van der Waals surface area contributed by atoms with Gasteiger partial charge in [-0.05, 0) is 43.3 Å². The Labute approximate surface area is 158 Å². The number of carbonyl (C=O) groups is 1. The number of piperidine rings is 1. The molecule has 0 radical (unpaired) electrons. The maximum Gasteiger partial charge on any atom is 0.276 e. The van der Waals surface area contributed by atoms with E-state index in [4.69, 9.17) is 0 Å². The van der Waals surface area contributed by atoms with Crippen LogP contribution in [0.15, 0.2) is 23.7 Å². The Morgan fingerprint density at radius 1 is 1.31 bits per heavy atom. The Hall–Kier alpha value is -1.77. The minimum Gasteiger partial charge on any atom is -0.335 e. The lowest BCUT2D eigenvalue weighted by Gasteiger charge is -2.34. The second kappa shape index (κ2) is 8.28. The van der Waals surface area contributed by atoms with Crippen molar-refractivity contribution in [1.29, 1.82) is 0 Å². The van der Waals surface area contributed by atoms with Crippen LogP contribution < -0.4 is 5.32 Å². The van der Waals surface area contributed by atoms with E-state index in [2.05, 4.69) is 38.0 Å². The van der Waals surface area contributed by atoms with Crippen LogP contribution in [-0.2, 0) is 13.1 Å². The maximum atomic E-state index is 12.7. The molecule has 140 valence electrons. The summed E-state index contributed by atoms with van der Waals surface area (Å²) in [6.07, 6.45) is 4.23. The first-order chi connectivity index (χ1) is 12.8. The lowest BCUT2D eigenvalue weighted by molar-refractivity contribution is 0.0623. The van der Waals surface area contributed by atoms with Crippen LogP contribution in [0.4, 0.5) is 0 Å². The summed E-state index contributed by atoms with van der Waals surface area (Å²) >= 11 is 1.79. The van der Waals surface area contributed by atoms with Crippen molar-refractivity contribution in [2.75, 3.05) is 39.3 Å². The molecule has 2 aromatic heterocycles. The highest BCUT2D eigenvalue weighted by atomic mass is 32.1. The van der Waals surface area contributed by atoms with E-state index >= 15 is 0 Å². The van der Waals surface area contributed by atoms with Crippen LogP contribution in [0, 0.1) is 5.92 Å². The van der Waals surface area contributed by atoms with Crippen LogP contribution in [0.2, 0.25) is 0 Å². The predicted molar refractivity (Wildman–Crippen MR) is 101 cm³/mol. The Balaban J connectivity index is 1.28. The predicted octanol–water partition coefficient (Wildman–Crippen LogP) is 1.30. The third kappa shape index (κ3) is 4.31. The minimum atomic E-state index is 0.00814. The quantitative estimate of drug-likeness (QED) is 0.854. The van der Waals surface area contributed by atoms with Gasteiger partial charge in [-0.2, -0.15) is 0 Å². The summed E-state index contributed by atoms with van der Waals surface area (Å²) in [5.41, 5.74) is 0.473. The number of piperazine rings is 1. The van der Waals surface area contributed by atoms with Crippen LogP contribution in [0.25, 0.3) is 0 Å². The van der Waals surface area contributed by atoms with Crippen LogP contribution in [0.3, 0.4) is 0 Å². The zero-order chi connectivity index (χ0) is 17.8. The fraction of sp³-hybridized carbons (Fsp3) is 0.611. The van der Waals surface area contributed by atoms with E-state index in [0.717, 1.165) is 52.4 Å². The molecule has 1 N–H and O–H groups in total. The third-order valence-corrected chi connectivity index (χ3v) is 6.08. The molecule has 2 aromatic rings. The van der Waals surface area contributed by atoms with E-state index in [1.807, 2.05) is 15.8 Å². The molecule has 2 aliphatic rings. The van der Waals surface area contributed by atoms with Crippen LogP contribution in [-0.4, -0.2) is 70.0 Å². The molecule has 2 aliphatic heterocycles. The summed E-state index contributed by atoms with van der Waals surface area (Å²) in [5, 5.41) is 13.8. The molecule has 0 aromatic carbocycles. The van der Waals surface area contributed by atoms with Gasteiger partial charge in [-0.25, -0.2) is 0 Å². The normalized spacial score (nSPS) is 21.8. The topological polar surface area (TPSA) is 66.3 Å². The lowest BCUT2D eigenvalue weighted by atomic mass is 10.00. The zero-order valence-corrected chi connectivity index (χ0v) is 15.8. The monoisotopic (exact) mass is 374 g/mol. The van der Waals surface area contributed by atoms with Crippen molar-refractivity contribution in [2.24, 2.45) is 5.92 Å². The molecule has 0 unspecified atom stereocenters. The summed E-state index contributed by atoms with van der Waals surface area (Å²) in [6.45, 7) is 7.27. The highest BCUT2D eigenvalue weighted by molar-refractivity contribution is 7.09. The Morgan fingerprint density at radius 3 is 2.92 bits per heavy atom. The molecular formula is C18H26N6OS. The maximum absolute atomic E-state index is 12.7. The number of amides is 1. The molecule has 2 fully saturated rings. The van der Waals surface area contributed by atoms with Gasteiger partial charge in [0, 0.05) is 44.1 Å². The average Bonchev–Trinajstić information content (AvgIpc) is 3.35. The molecule has 0 aliphatic carbocycles. The van der Waals surface area contributed by atoms with E-state index in [1.54, 1.807) is 11.3 Å². The van der Waals surface area contributed by atoms with E-state index in [-0.39, 0.29) is 5.91 Å². The molecule has 4 rings (SSSR count). The fourth-order valence-electron chi connectivity index (χ4n) is 3.72. The largest absolute Gasteiger partial charge is 0.335 e. The molecule has 0 spiro atoms. The molecule has 1 amide bonds. The van der Waals surface area contributed by atoms with Gasteiger partial charge in [0.2, 0.25) is 0 Å². The summed E-state index contributed by atoms with van der Waals surface area (Å²) in [4.78, 5) is 18.4. The number of rotatable bonds is 5. The smallest absolute Gasteiger partial charge is 0.276 e. The van der Waals surface area contributed by atoms with Crippen molar-refractivity contribution < 1.29 is 4.79 Å². The Morgan fingerprint density at radius 2 is 2.19 bits per heavy atom. The summed E-state index contributed by atoms with van der Waals surface area (Å²) in [7, 11) is 0. The van der Waals surface area contributed by atoms with Crippen LogP contribution >= 0.6 is 11.3 Å². The van der Waals surface area contributed by atoms with Gasteiger partial charge in [-0.3, -0.25) is 14.4 Å². The molecule has 0 saturated carbocycles. The van der Waals surface area contributed by atoms with Gasteiger partial charge in [0.25, 0.3) is 5.91 Å². The van der Waals surface area contributed by atoms with Crippen molar-refractivity contribution >= 4 is 17.2 Å². The van der Waals surface area contributed by atoms with Crippen molar-refractivity contribution in [2.45, 2.75) is 25.9 Å².